The molecule has 0 aliphatic rings. The molecule has 158 valence electrons. The lowest BCUT2D eigenvalue weighted by Crippen LogP contribution is -2.19. The minimum Gasteiger partial charge on any atom is -0.495 e. The fourth-order valence-electron chi connectivity index (χ4n) is 2.79. The number of anilines is 3. The summed E-state index contributed by atoms with van der Waals surface area (Å²) in [7, 11) is 1.61. The summed E-state index contributed by atoms with van der Waals surface area (Å²) >= 11 is 2.68. The smallest absolute Gasteiger partial charge is 0.243 e. The van der Waals surface area contributed by atoms with Crippen LogP contribution in [0.2, 0.25) is 0 Å². The van der Waals surface area contributed by atoms with Gasteiger partial charge in [0.2, 0.25) is 11.0 Å². The highest BCUT2D eigenvalue weighted by atomic mass is 32.2. The number of aromatic nitrogens is 3. The van der Waals surface area contributed by atoms with Gasteiger partial charge in [-0.15, -0.1) is 10.2 Å². The van der Waals surface area contributed by atoms with E-state index in [4.69, 9.17) is 9.26 Å². The van der Waals surface area contributed by atoms with E-state index in [0.717, 1.165) is 11.3 Å². The van der Waals surface area contributed by atoms with Crippen LogP contribution in [0.3, 0.4) is 0 Å². The third kappa shape index (κ3) is 5.22. The van der Waals surface area contributed by atoms with Gasteiger partial charge in [-0.25, -0.2) is 0 Å². The fourth-order valence-corrected chi connectivity index (χ4v) is 4.75. The molecule has 31 heavy (non-hydrogen) atoms. The second-order valence-electron chi connectivity index (χ2n) is 6.42. The second-order valence-corrected chi connectivity index (χ2v) is 8.75. The highest BCUT2D eigenvalue weighted by Crippen LogP contribution is 2.39. The number of benzene rings is 2. The van der Waals surface area contributed by atoms with E-state index in [2.05, 4.69) is 26.0 Å². The topological polar surface area (TPSA) is 102 Å². The van der Waals surface area contributed by atoms with Crippen molar-refractivity contribution in [1.29, 1.82) is 0 Å². The zero-order chi connectivity index (χ0) is 21.6. The Kier molecular flexibility index (Phi) is 6.48. The third-order valence-corrected chi connectivity index (χ3v) is 6.37. The summed E-state index contributed by atoms with van der Waals surface area (Å²) in [6.07, 6.45) is 0. The lowest BCUT2D eigenvalue weighted by Gasteiger charge is -2.14. The van der Waals surface area contributed by atoms with Gasteiger partial charge in [-0.1, -0.05) is 70.7 Å². The molecule has 0 aliphatic heterocycles. The second kappa shape index (κ2) is 9.63. The van der Waals surface area contributed by atoms with E-state index in [1.54, 1.807) is 20.1 Å². The standard InChI is InChI=1S/C21H19N5O3S2/c1-13-12-17(26-29-13)23-19(27)18(14-8-4-3-5-9-14)30-21-25-24-20(31-21)22-15-10-6-7-11-16(15)28-2/h3-12,18H,1-2H3,(H,22,24)(H,23,26,27). The van der Waals surface area contributed by atoms with Crippen LogP contribution in [0.15, 0.2) is 69.5 Å². The lowest BCUT2D eigenvalue weighted by molar-refractivity contribution is -0.115. The molecule has 4 rings (SSSR count). The average molecular weight is 454 g/mol. The number of amides is 1. The first-order valence-electron chi connectivity index (χ1n) is 9.31. The first-order valence-corrected chi connectivity index (χ1v) is 11.0. The number of rotatable bonds is 8. The zero-order valence-electron chi connectivity index (χ0n) is 16.7. The Hall–Kier alpha value is -3.37. The maximum Gasteiger partial charge on any atom is 0.243 e. The van der Waals surface area contributed by atoms with E-state index in [-0.39, 0.29) is 5.91 Å². The molecule has 8 nitrogen and oxygen atoms in total. The van der Waals surface area contributed by atoms with Crippen molar-refractivity contribution in [3.8, 4) is 5.75 Å². The molecular weight excluding hydrogens is 434 g/mol. The number of aryl methyl sites for hydroxylation is 1. The Morgan fingerprint density at radius 1 is 1.13 bits per heavy atom. The van der Waals surface area contributed by atoms with Gasteiger partial charge in [-0.2, -0.15) is 0 Å². The van der Waals surface area contributed by atoms with Crippen molar-refractivity contribution in [3.05, 3.63) is 72.0 Å². The number of nitrogens with zero attached hydrogens (tertiary/aromatic N) is 3. The van der Waals surface area contributed by atoms with E-state index in [1.165, 1.54) is 23.1 Å². The third-order valence-electron chi connectivity index (χ3n) is 4.19. The number of carbonyl (C=O) groups is 1. The maximum atomic E-state index is 13.0. The Bertz CT molecular complexity index is 1160. The number of hydrogen-bond donors (Lipinski definition) is 2. The summed E-state index contributed by atoms with van der Waals surface area (Å²) in [5.41, 5.74) is 1.64. The van der Waals surface area contributed by atoms with Crippen molar-refractivity contribution >= 4 is 45.6 Å². The van der Waals surface area contributed by atoms with Crippen LogP contribution in [-0.2, 0) is 4.79 Å². The van der Waals surface area contributed by atoms with Gasteiger partial charge < -0.3 is 19.9 Å². The van der Waals surface area contributed by atoms with Crippen LogP contribution in [0.4, 0.5) is 16.6 Å². The van der Waals surface area contributed by atoms with Gasteiger partial charge in [0.25, 0.3) is 0 Å². The van der Waals surface area contributed by atoms with Crippen LogP contribution in [-0.4, -0.2) is 28.4 Å². The molecule has 0 saturated carbocycles. The Balaban J connectivity index is 1.53. The minimum atomic E-state index is -0.537. The van der Waals surface area contributed by atoms with E-state index in [1.807, 2.05) is 54.6 Å². The number of nitrogens with one attached hydrogen (secondary N) is 2. The first kappa shape index (κ1) is 20.9. The lowest BCUT2D eigenvalue weighted by atomic mass is 10.1. The van der Waals surface area contributed by atoms with Crippen LogP contribution >= 0.6 is 23.1 Å². The average Bonchev–Trinajstić information content (AvgIpc) is 3.41. The predicted octanol–water partition coefficient (Wildman–Crippen LogP) is 5.06. The molecule has 2 aromatic carbocycles. The van der Waals surface area contributed by atoms with Gasteiger partial charge in [-0.3, -0.25) is 4.79 Å². The summed E-state index contributed by atoms with van der Waals surface area (Å²) in [6.45, 7) is 1.77. The van der Waals surface area contributed by atoms with E-state index >= 15 is 0 Å². The molecule has 0 fully saturated rings. The quantitative estimate of drug-likeness (QED) is 0.357. The van der Waals surface area contributed by atoms with Crippen molar-refractivity contribution in [2.24, 2.45) is 0 Å². The Labute approximate surface area is 187 Å². The molecule has 0 spiro atoms. The van der Waals surface area contributed by atoms with Crippen LogP contribution in [0.25, 0.3) is 0 Å². The maximum absolute atomic E-state index is 13.0. The van der Waals surface area contributed by atoms with Crippen molar-refractivity contribution < 1.29 is 14.1 Å². The van der Waals surface area contributed by atoms with Crippen molar-refractivity contribution in [2.75, 3.05) is 17.7 Å². The Morgan fingerprint density at radius 3 is 2.65 bits per heavy atom. The first-order chi connectivity index (χ1) is 15.1. The number of para-hydroxylation sites is 2. The molecule has 0 bridgehead atoms. The Morgan fingerprint density at radius 2 is 1.90 bits per heavy atom. The van der Waals surface area contributed by atoms with Crippen LogP contribution in [0.1, 0.15) is 16.6 Å². The molecule has 2 aromatic heterocycles. The summed E-state index contributed by atoms with van der Waals surface area (Å²) in [5, 5.41) is 18.4. The number of thioether (sulfide) groups is 1. The summed E-state index contributed by atoms with van der Waals surface area (Å²) in [4.78, 5) is 13.0. The largest absolute Gasteiger partial charge is 0.495 e. The number of carbonyl (C=O) groups excluding carboxylic acids is 1. The number of hydrogen-bond acceptors (Lipinski definition) is 9. The molecule has 1 unspecified atom stereocenters. The van der Waals surface area contributed by atoms with Gasteiger partial charge in [-0.05, 0) is 24.6 Å². The molecule has 0 aliphatic carbocycles. The van der Waals surface area contributed by atoms with Gasteiger partial charge >= 0.3 is 0 Å². The highest BCUT2D eigenvalue weighted by Gasteiger charge is 2.25. The van der Waals surface area contributed by atoms with Crippen LogP contribution < -0.4 is 15.4 Å². The van der Waals surface area contributed by atoms with Crippen molar-refractivity contribution in [2.45, 2.75) is 16.5 Å². The van der Waals surface area contributed by atoms with Gasteiger partial charge in [0, 0.05) is 6.07 Å². The monoisotopic (exact) mass is 453 g/mol. The highest BCUT2D eigenvalue weighted by molar-refractivity contribution is 8.02. The van der Waals surface area contributed by atoms with E-state index in [0.29, 0.717) is 26.8 Å². The van der Waals surface area contributed by atoms with E-state index < -0.39 is 5.25 Å². The van der Waals surface area contributed by atoms with E-state index in [9.17, 15) is 4.79 Å². The molecule has 0 saturated heterocycles. The van der Waals surface area contributed by atoms with Gasteiger partial charge in [0.15, 0.2) is 10.2 Å². The molecule has 2 heterocycles. The summed E-state index contributed by atoms with van der Waals surface area (Å²) in [6, 6.07) is 18.7. The number of methoxy groups -OCH3 is 1. The van der Waals surface area contributed by atoms with Crippen LogP contribution in [0.5, 0.6) is 5.75 Å². The molecule has 10 heteroatoms. The molecule has 4 aromatic rings. The molecule has 1 atom stereocenters. The van der Waals surface area contributed by atoms with Crippen LogP contribution in [0, 0.1) is 6.92 Å². The summed E-state index contributed by atoms with van der Waals surface area (Å²) in [5.74, 6) is 1.48. The zero-order valence-corrected chi connectivity index (χ0v) is 18.4. The number of ether oxygens (including phenoxy) is 1. The molecule has 1 amide bonds. The molecular formula is C21H19N5O3S2. The SMILES string of the molecule is COc1ccccc1Nc1nnc(SC(C(=O)Nc2cc(C)on2)c2ccccc2)s1. The van der Waals surface area contributed by atoms with Gasteiger partial charge in [0.05, 0.1) is 12.8 Å². The van der Waals surface area contributed by atoms with Crippen molar-refractivity contribution in [1.82, 2.24) is 15.4 Å². The van der Waals surface area contributed by atoms with Crippen molar-refractivity contribution in [3.63, 3.8) is 0 Å². The normalized spacial score (nSPS) is 11.7. The summed E-state index contributed by atoms with van der Waals surface area (Å²) < 4.78 is 11.0. The molecule has 0 radical (unpaired) electrons. The fraction of sp³-hybridized carbons (Fsp3) is 0.143. The molecule has 2 N–H and O–H groups in total. The van der Waals surface area contributed by atoms with Gasteiger partial charge in [0.1, 0.15) is 16.8 Å². The minimum absolute atomic E-state index is 0.223. The predicted molar refractivity (Wildman–Crippen MR) is 121 cm³/mol.